The normalized spacial score (nSPS) is 10.5. The van der Waals surface area contributed by atoms with Gasteiger partial charge in [-0.25, -0.2) is 13.8 Å². The highest BCUT2D eigenvalue weighted by Crippen LogP contribution is 2.20. The van der Waals surface area contributed by atoms with Gasteiger partial charge in [0, 0.05) is 23.5 Å². The summed E-state index contributed by atoms with van der Waals surface area (Å²) in [5.74, 6) is -0.843. The quantitative estimate of drug-likeness (QED) is 0.678. The van der Waals surface area contributed by atoms with Gasteiger partial charge < -0.3 is 16.8 Å². The Morgan fingerprint density at radius 1 is 0.913 bits per heavy atom. The molecule has 0 radical (unpaired) electrons. The van der Waals surface area contributed by atoms with Gasteiger partial charge in [-0.05, 0) is 24.3 Å². The summed E-state index contributed by atoms with van der Waals surface area (Å²) in [4.78, 5) is 16.0. The summed E-state index contributed by atoms with van der Waals surface area (Å²) in [5.41, 5.74) is 11.9. The molecule has 0 aliphatic heterocycles. The van der Waals surface area contributed by atoms with Crippen LogP contribution in [-0.2, 0) is 0 Å². The fourth-order valence-electron chi connectivity index (χ4n) is 1.87. The highest BCUT2D eigenvalue weighted by Gasteiger charge is 2.09. The van der Waals surface area contributed by atoms with Gasteiger partial charge >= 0.3 is 0 Å². The molecule has 0 spiro atoms. The van der Waals surface area contributed by atoms with E-state index < -0.39 is 11.6 Å². The van der Waals surface area contributed by atoms with Gasteiger partial charge in [0.1, 0.15) is 17.5 Å². The lowest BCUT2D eigenvalue weighted by atomic mass is 10.2. The molecule has 0 aliphatic carbocycles. The van der Waals surface area contributed by atoms with Gasteiger partial charge in [0.25, 0.3) is 0 Å². The minimum Gasteiger partial charge on any atom is -0.384 e. The number of benzene rings is 1. The fourth-order valence-corrected chi connectivity index (χ4v) is 1.87. The molecular weight excluding hydrogens is 304 g/mol. The van der Waals surface area contributed by atoms with Crippen LogP contribution < -0.4 is 16.8 Å². The molecular formula is C14H11F2N7. The molecule has 0 amide bonds. The average Bonchev–Trinajstić information content (AvgIpc) is 2.46. The highest BCUT2D eigenvalue weighted by atomic mass is 19.1. The van der Waals surface area contributed by atoms with E-state index in [2.05, 4.69) is 25.3 Å². The number of nitrogens with zero attached hydrogens (tertiary/aromatic N) is 4. The monoisotopic (exact) mass is 315 g/mol. The first-order valence-electron chi connectivity index (χ1n) is 6.46. The van der Waals surface area contributed by atoms with Gasteiger partial charge in [0.15, 0.2) is 5.82 Å². The van der Waals surface area contributed by atoms with E-state index in [0.717, 1.165) is 18.2 Å². The van der Waals surface area contributed by atoms with Crippen LogP contribution in [0.25, 0.3) is 11.4 Å². The second-order valence-electron chi connectivity index (χ2n) is 4.60. The number of hydrogen-bond donors (Lipinski definition) is 3. The molecule has 3 rings (SSSR count). The Balaban J connectivity index is 1.95. The molecule has 0 aliphatic rings. The SMILES string of the molecule is Nc1ccc(-c2nc(N)nc(Nc3cc(F)cc(F)c3)n2)cn1. The van der Waals surface area contributed by atoms with E-state index in [0.29, 0.717) is 11.4 Å². The summed E-state index contributed by atoms with van der Waals surface area (Å²) in [6, 6.07) is 6.23. The van der Waals surface area contributed by atoms with Gasteiger partial charge in [-0.2, -0.15) is 15.0 Å². The Bertz CT molecular complexity index is 832. The van der Waals surface area contributed by atoms with Crippen molar-refractivity contribution in [1.82, 2.24) is 19.9 Å². The number of pyridine rings is 1. The lowest BCUT2D eigenvalue weighted by molar-refractivity contribution is 0.584. The average molecular weight is 315 g/mol. The van der Waals surface area contributed by atoms with Crippen molar-refractivity contribution in [2.45, 2.75) is 0 Å². The van der Waals surface area contributed by atoms with Gasteiger partial charge in [0.05, 0.1) is 0 Å². The summed E-state index contributed by atoms with van der Waals surface area (Å²) >= 11 is 0. The number of nitrogens with one attached hydrogen (secondary N) is 1. The van der Waals surface area contributed by atoms with Crippen molar-refractivity contribution < 1.29 is 8.78 Å². The second-order valence-corrected chi connectivity index (χ2v) is 4.60. The van der Waals surface area contributed by atoms with Crippen molar-refractivity contribution >= 4 is 23.4 Å². The Morgan fingerprint density at radius 3 is 2.30 bits per heavy atom. The minimum atomic E-state index is -0.725. The Labute approximate surface area is 129 Å². The van der Waals surface area contributed by atoms with E-state index in [1.807, 2.05) is 0 Å². The number of halogens is 2. The second kappa shape index (κ2) is 5.79. The summed E-state index contributed by atoms with van der Waals surface area (Å²) in [5, 5.41) is 2.68. The summed E-state index contributed by atoms with van der Waals surface area (Å²) < 4.78 is 26.4. The molecule has 0 saturated heterocycles. The van der Waals surface area contributed by atoms with Crippen molar-refractivity contribution in [3.8, 4) is 11.4 Å². The predicted octanol–water partition coefficient (Wildman–Crippen LogP) is 2.12. The molecule has 7 nitrogen and oxygen atoms in total. The number of rotatable bonds is 3. The van der Waals surface area contributed by atoms with Crippen LogP contribution in [0.2, 0.25) is 0 Å². The zero-order valence-electron chi connectivity index (χ0n) is 11.7. The van der Waals surface area contributed by atoms with Crippen molar-refractivity contribution in [1.29, 1.82) is 0 Å². The van der Waals surface area contributed by atoms with Crippen LogP contribution in [-0.4, -0.2) is 19.9 Å². The van der Waals surface area contributed by atoms with Crippen LogP contribution >= 0.6 is 0 Å². The molecule has 2 aromatic heterocycles. The molecule has 116 valence electrons. The van der Waals surface area contributed by atoms with E-state index in [-0.39, 0.29) is 23.4 Å². The molecule has 0 unspecified atom stereocenters. The molecule has 0 atom stereocenters. The van der Waals surface area contributed by atoms with Crippen LogP contribution in [0.4, 0.5) is 32.2 Å². The number of aromatic nitrogens is 4. The Kier molecular flexibility index (Phi) is 3.67. The number of anilines is 4. The third kappa shape index (κ3) is 3.46. The summed E-state index contributed by atoms with van der Waals surface area (Å²) in [6.45, 7) is 0. The maximum atomic E-state index is 13.2. The molecule has 0 fully saturated rings. The Hall–Kier alpha value is -3.36. The number of hydrogen-bond acceptors (Lipinski definition) is 7. The zero-order valence-corrected chi connectivity index (χ0v) is 11.7. The van der Waals surface area contributed by atoms with Crippen molar-refractivity contribution in [2.24, 2.45) is 0 Å². The molecule has 2 heterocycles. The minimum absolute atomic E-state index is 0.0498. The lowest BCUT2D eigenvalue weighted by Gasteiger charge is -2.08. The van der Waals surface area contributed by atoms with Crippen LogP contribution in [0, 0.1) is 11.6 Å². The van der Waals surface area contributed by atoms with Crippen LogP contribution in [0.5, 0.6) is 0 Å². The standard InChI is InChI=1S/C14H11F2N7/c15-8-3-9(16)5-10(4-8)20-14-22-12(21-13(18)23-14)7-1-2-11(17)19-6-7/h1-6H,(H2,17,19)(H3,18,20,21,22,23). The van der Waals surface area contributed by atoms with Crippen LogP contribution in [0.3, 0.4) is 0 Å². The summed E-state index contributed by atoms with van der Waals surface area (Å²) in [6.07, 6.45) is 1.48. The zero-order chi connectivity index (χ0) is 16.4. The molecule has 1 aromatic carbocycles. The van der Waals surface area contributed by atoms with Crippen molar-refractivity contribution in [3.63, 3.8) is 0 Å². The van der Waals surface area contributed by atoms with Crippen LogP contribution in [0.15, 0.2) is 36.5 Å². The molecule has 23 heavy (non-hydrogen) atoms. The highest BCUT2D eigenvalue weighted by molar-refractivity contribution is 5.60. The third-order valence-electron chi connectivity index (χ3n) is 2.82. The van der Waals surface area contributed by atoms with E-state index >= 15 is 0 Å². The summed E-state index contributed by atoms with van der Waals surface area (Å²) in [7, 11) is 0. The van der Waals surface area contributed by atoms with Gasteiger partial charge in [-0.1, -0.05) is 0 Å². The van der Waals surface area contributed by atoms with Gasteiger partial charge in [-0.3, -0.25) is 0 Å². The largest absolute Gasteiger partial charge is 0.384 e. The van der Waals surface area contributed by atoms with E-state index in [1.165, 1.54) is 6.20 Å². The topological polar surface area (TPSA) is 116 Å². The molecule has 5 N–H and O–H groups in total. The molecule has 0 bridgehead atoms. The van der Waals surface area contributed by atoms with Crippen LogP contribution in [0.1, 0.15) is 0 Å². The number of nitrogen functional groups attached to an aromatic ring is 2. The maximum Gasteiger partial charge on any atom is 0.232 e. The fraction of sp³-hybridized carbons (Fsp3) is 0. The predicted molar refractivity (Wildman–Crippen MR) is 81.5 cm³/mol. The lowest BCUT2D eigenvalue weighted by Crippen LogP contribution is -2.05. The van der Waals surface area contributed by atoms with Gasteiger partial charge in [-0.15, -0.1) is 0 Å². The van der Waals surface area contributed by atoms with Crippen molar-refractivity contribution in [2.75, 3.05) is 16.8 Å². The van der Waals surface area contributed by atoms with E-state index in [4.69, 9.17) is 11.5 Å². The Morgan fingerprint density at radius 2 is 1.65 bits per heavy atom. The number of nitrogens with two attached hydrogens (primary N) is 2. The molecule has 3 aromatic rings. The van der Waals surface area contributed by atoms with Gasteiger partial charge in [0.2, 0.25) is 11.9 Å². The first kappa shape index (κ1) is 14.6. The van der Waals surface area contributed by atoms with Crippen molar-refractivity contribution in [3.05, 3.63) is 48.2 Å². The third-order valence-corrected chi connectivity index (χ3v) is 2.82. The smallest absolute Gasteiger partial charge is 0.232 e. The first-order chi connectivity index (χ1) is 11.0. The van der Waals surface area contributed by atoms with E-state index in [9.17, 15) is 8.78 Å². The van der Waals surface area contributed by atoms with E-state index in [1.54, 1.807) is 12.1 Å². The first-order valence-corrected chi connectivity index (χ1v) is 6.46. The molecule has 0 saturated carbocycles. The molecule has 9 heteroatoms. The maximum absolute atomic E-state index is 13.2.